The normalized spacial score (nSPS) is 10.9. The molecule has 0 unspecified atom stereocenters. The van der Waals surface area contributed by atoms with Gasteiger partial charge in [0.05, 0.1) is 11.4 Å². The van der Waals surface area contributed by atoms with Crippen molar-refractivity contribution in [3.63, 3.8) is 0 Å². The van der Waals surface area contributed by atoms with E-state index in [4.69, 9.17) is 23.2 Å². The van der Waals surface area contributed by atoms with Gasteiger partial charge in [0.25, 0.3) is 0 Å². The predicted molar refractivity (Wildman–Crippen MR) is 121 cm³/mol. The largest absolute Gasteiger partial charge is 0.325 e. The molecule has 7 heteroatoms. The van der Waals surface area contributed by atoms with Crippen LogP contribution in [0.4, 0.5) is 5.69 Å². The lowest BCUT2D eigenvalue weighted by atomic mass is 10.1. The minimum Gasteiger partial charge on any atom is -0.325 e. The molecule has 3 nitrogen and oxygen atoms in total. The number of amides is 1. The van der Waals surface area contributed by atoms with Crippen LogP contribution >= 0.6 is 46.3 Å². The highest BCUT2D eigenvalue weighted by atomic mass is 35.5. The number of carbonyl (C=O) groups excluding carboxylic acids is 1. The second-order valence-electron chi connectivity index (χ2n) is 6.56. The first kappa shape index (κ1) is 21.2. The van der Waals surface area contributed by atoms with Crippen LogP contribution in [0.2, 0.25) is 10.0 Å². The molecule has 0 saturated heterocycles. The number of thioether (sulfide) groups is 1. The zero-order valence-electron chi connectivity index (χ0n) is 15.8. The number of rotatable bonds is 6. The summed E-state index contributed by atoms with van der Waals surface area (Å²) in [7, 11) is 0. The van der Waals surface area contributed by atoms with Crippen LogP contribution in [0.1, 0.15) is 27.3 Å². The number of aryl methyl sites for hydroxylation is 3. The number of hydrogen-bond donors (Lipinski definition) is 1. The van der Waals surface area contributed by atoms with Gasteiger partial charge in [0, 0.05) is 27.0 Å². The van der Waals surface area contributed by atoms with E-state index in [0.717, 1.165) is 31.7 Å². The van der Waals surface area contributed by atoms with Crippen LogP contribution < -0.4 is 5.32 Å². The second kappa shape index (κ2) is 9.31. The summed E-state index contributed by atoms with van der Waals surface area (Å²) in [5.41, 5.74) is 5.02. The van der Waals surface area contributed by atoms with Crippen molar-refractivity contribution in [3.05, 3.63) is 73.7 Å². The molecular formula is C21H20Cl2N2OS2. The van der Waals surface area contributed by atoms with Gasteiger partial charge in [0.1, 0.15) is 0 Å². The first-order valence-electron chi connectivity index (χ1n) is 8.72. The van der Waals surface area contributed by atoms with Crippen molar-refractivity contribution in [3.8, 4) is 0 Å². The highest BCUT2D eigenvalue weighted by Gasteiger charge is 2.13. The molecular weight excluding hydrogens is 431 g/mol. The van der Waals surface area contributed by atoms with Gasteiger partial charge in [-0.25, -0.2) is 4.98 Å². The van der Waals surface area contributed by atoms with Gasteiger partial charge < -0.3 is 5.32 Å². The summed E-state index contributed by atoms with van der Waals surface area (Å²) in [6, 6.07) is 11.5. The van der Waals surface area contributed by atoms with Crippen LogP contribution in [0.3, 0.4) is 0 Å². The smallest absolute Gasteiger partial charge is 0.234 e. The molecule has 1 aromatic heterocycles. The van der Waals surface area contributed by atoms with Gasteiger partial charge in [-0.3, -0.25) is 4.79 Å². The summed E-state index contributed by atoms with van der Waals surface area (Å²) in [4.78, 5) is 18.0. The van der Waals surface area contributed by atoms with Crippen molar-refractivity contribution in [2.45, 2.75) is 31.5 Å². The molecule has 0 aliphatic heterocycles. The van der Waals surface area contributed by atoms with Crippen molar-refractivity contribution in [1.29, 1.82) is 0 Å². The fraction of sp³-hybridized carbons (Fsp3) is 0.238. The van der Waals surface area contributed by atoms with Gasteiger partial charge in [-0.2, -0.15) is 0 Å². The lowest BCUT2D eigenvalue weighted by molar-refractivity contribution is -0.113. The molecule has 0 radical (unpaired) electrons. The van der Waals surface area contributed by atoms with Crippen LogP contribution in [0.5, 0.6) is 0 Å². The summed E-state index contributed by atoms with van der Waals surface area (Å²) in [5, 5.41) is 4.33. The molecule has 146 valence electrons. The Hall–Kier alpha value is -1.53. The average Bonchev–Trinajstić information content (AvgIpc) is 2.98. The molecule has 0 bridgehead atoms. The Morgan fingerprint density at radius 2 is 1.93 bits per heavy atom. The topological polar surface area (TPSA) is 42.0 Å². The Labute approximate surface area is 183 Å². The van der Waals surface area contributed by atoms with Crippen LogP contribution in [-0.2, 0) is 11.2 Å². The molecule has 1 heterocycles. The number of hydrogen-bond acceptors (Lipinski definition) is 4. The molecule has 0 aliphatic rings. The molecule has 3 aromatic rings. The Morgan fingerprint density at radius 3 is 2.68 bits per heavy atom. The second-order valence-corrected chi connectivity index (χ2v) is 9.71. The van der Waals surface area contributed by atoms with Gasteiger partial charge in [0.2, 0.25) is 5.91 Å². The van der Waals surface area contributed by atoms with Gasteiger partial charge in [-0.1, -0.05) is 52.7 Å². The number of anilines is 1. The average molecular weight is 451 g/mol. The molecule has 0 saturated carbocycles. The van der Waals surface area contributed by atoms with Crippen LogP contribution in [-0.4, -0.2) is 16.6 Å². The molecule has 1 N–H and O–H groups in total. The van der Waals surface area contributed by atoms with Gasteiger partial charge in [0.15, 0.2) is 4.34 Å². The highest BCUT2D eigenvalue weighted by Crippen LogP contribution is 2.31. The van der Waals surface area contributed by atoms with Crippen molar-refractivity contribution in [2.24, 2.45) is 0 Å². The maximum absolute atomic E-state index is 12.3. The Balaban J connectivity index is 1.61. The number of nitrogens with one attached hydrogen (secondary N) is 1. The van der Waals surface area contributed by atoms with Gasteiger partial charge in [-0.15, -0.1) is 11.3 Å². The van der Waals surface area contributed by atoms with Crippen molar-refractivity contribution >= 4 is 57.9 Å². The molecule has 0 aliphatic carbocycles. The van der Waals surface area contributed by atoms with Crippen LogP contribution in [0, 0.1) is 20.8 Å². The van der Waals surface area contributed by atoms with Crippen molar-refractivity contribution < 1.29 is 4.79 Å². The van der Waals surface area contributed by atoms with Gasteiger partial charge >= 0.3 is 0 Å². The Kier molecular flexibility index (Phi) is 7.05. The maximum Gasteiger partial charge on any atom is 0.234 e. The lowest BCUT2D eigenvalue weighted by Gasteiger charge is -2.08. The quantitative estimate of drug-likeness (QED) is 0.424. The van der Waals surface area contributed by atoms with E-state index in [9.17, 15) is 4.79 Å². The molecule has 1 amide bonds. The number of benzene rings is 2. The zero-order valence-corrected chi connectivity index (χ0v) is 19.0. The van der Waals surface area contributed by atoms with E-state index in [-0.39, 0.29) is 5.91 Å². The summed E-state index contributed by atoms with van der Waals surface area (Å²) in [6.45, 7) is 6.00. The molecule has 3 rings (SSSR count). The lowest BCUT2D eigenvalue weighted by Crippen LogP contribution is -2.14. The first-order valence-corrected chi connectivity index (χ1v) is 11.3. The maximum atomic E-state index is 12.3. The van der Waals surface area contributed by atoms with Crippen LogP contribution in [0.25, 0.3) is 0 Å². The molecule has 2 aromatic carbocycles. The number of halogens is 2. The van der Waals surface area contributed by atoms with E-state index in [1.807, 2.05) is 45.0 Å². The first-order chi connectivity index (χ1) is 13.3. The van der Waals surface area contributed by atoms with Gasteiger partial charge in [-0.05, 0) is 56.2 Å². The van der Waals surface area contributed by atoms with E-state index in [1.54, 1.807) is 17.4 Å². The minimum absolute atomic E-state index is 0.0377. The fourth-order valence-corrected chi connectivity index (χ4v) is 5.18. The standard InChI is InChI=1S/C21H20Cl2N2OS2/c1-12-4-7-18(13(2)8-12)25-20(26)11-27-21-24-14(3)19(28-21)10-15-9-16(22)5-6-17(15)23/h4-9H,10-11H2,1-3H3,(H,25,26). The van der Waals surface area contributed by atoms with Crippen LogP contribution in [0.15, 0.2) is 40.7 Å². The monoisotopic (exact) mass is 450 g/mol. The summed E-state index contributed by atoms with van der Waals surface area (Å²) in [6.07, 6.45) is 0.679. The third kappa shape index (κ3) is 5.51. The van der Waals surface area contributed by atoms with Crippen molar-refractivity contribution in [1.82, 2.24) is 4.98 Å². The number of thiazole rings is 1. The predicted octanol–water partition coefficient (Wildman–Crippen LogP) is 6.70. The zero-order chi connectivity index (χ0) is 20.3. The molecule has 0 fully saturated rings. The SMILES string of the molecule is Cc1ccc(NC(=O)CSc2nc(C)c(Cc3cc(Cl)ccc3Cl)s2)c(C)c1. The number of nitrogens with zero attached hydrogens (tertiary/aromatic N) is 1. The van der Waals surface area contributed by atoms with E-state index >= 15 is 0 Å². The van der Waals surface area contributed by atoms with E-state index in [1.165, 1.54) is 17.3 Å². The Bertz CT molecular complexity index is 1020. The summed E-state index contributed by atoms with van der Waals surface area (Å²) >= 11 is 15.4. The van der Waals surface area contributed by atoms with E-state index in [2.05, 4.69) is 16.4 Å². The molecule has 0 atom stereocenters. The third-order valence-electron chi connectivity index (χ3n) is 4.21. The van der Waals surface area contributed by atoms with E-state index in [0.29, 0.717) is 22.2 Å². The summed E-state index contributed by atoms with van der Waals surface area (Å²) in [5.74, 6) is 0.279. The summed E-state index contributed by atoms with van der Waals surface area (Å²) < 4.78 is 0.876. The Morgan fingerprint density at radius 1 is 1.14 bits per heavy atom. The number of aromatic nitrogens is 1. The van der Waals surface area contributed by atoms with Crippen molar-refractivity contribution in [2.75, 3.05) is 11.1 Å². The van der Waals surface area contributed by atoms with E-state index < -0.39 is 0 Å². The third-order valence-corrected chi connectivity index (χ3v) is 7.12. The minimum atomic E-state index is -0.0377. The highest BCUT2D eigenvalue weighted by molar-refractivity contribution is 8.01. The number of carbonyl (C=O) groups is 1. The molecule has 0 spiro atoms. The fourth-order valence-electron chi connectivity index (χ4n) is 2.75. The molecule has 28 heavy (non-hydrogen) atoms.